The molecule has 8 atom stereocenters. The number of aromatic nitrogens is 6. The number of aliphatic hydroxyl groups is 2. The second kappa shape index (κ2) is 29.1. The minimum Gasteiger partial charge on any atom is -0.444 e. The molecule has 6 fully saturated rings. The maximum atomic E-state index is 14.1. The molecule has 2 spiro atoms. The first-order valence-electron chi connectivity index (χ1n) is 35.4. The lowest BCUT2D eigenvalue weighted by Gasteiger charge is -2.53. The molecule has 6 aliphatic heterocycles. The first-order valence-corrected chi connectivity index (χ1v) is 35.4. The van der Waals surface area contributed by atoms with E-state index in [0.29, 0.717) is 49.3 Å². The van der Waals surface area contributed by atoms with Gasteiger partial charge in [-0.3, -0.25) is 28.5 Å². The van der Waals surface area contributed by atoms with Crippen molar-refractivity contribution in [3.63, 3.8) is 0 Å². The molecule has 6 aromatic rings. The topological polar surface area (TPSA) is 293 Å². The number of aryl methyl sites for hydroxylation is 2. The lowest BCUT2D eigenvalue weighted by atomic mass is 9.72. The first-order chi connectivity index (χ1) is 47.3. The van der Waals surface area contributed by atoms with Crippen molar-refractivity contribution in [3.8, 4) is 22.5 Å². The number of rotatable bonds is 16. The molecule has 6 amide bonds. The Morgan fingerprint density at radius 2 is 0.870 bits per heavy atom. The van der Waals surface area contributed by atoms with Crippen molar-refractivity contribution in [1.29, 1.82) is 0 Å². The summed E-state index contributed by atoms with van der Waals surface area (Å²) in [5.74, 6) is -0.485. The maximum absolute atomic E-state index is 14.1. The van der Waals surface area contributed by atoms with Crippen LogP contribution in [0, 0.1) is 22.7 Å². The average molecular weight is 1380 g/mol. The second-order valence-corrected chi connectivity index (χ2v) is 31.4. The van der Waals surface area contributed by atoms with E-state index in [1.54, 1.807) is 22.2 Å². The van der Waals surface area contributed by atoms with Crippen molar-refractivity contribution in [2.45, 2.75) is 181 Å². The quantitative estimate of drug-likeness (QED) is 0.0703. The van der Waals surface area contributed by atoms with Crippen LogP contribution < -0.4 is 20.4 Å². The number of hydrogen-bond acceptors (Lipinski definition) is 18. The number of nitrogens with one attached hydrogen (secondary N) is 2. The van der Waals surface area contributed by atoms with Crippen LogP contribution in [-0.2, 0) is 42.7 Å². The number of amides is 6. The van der Waals surface area contributed by atoms with E-state index < -0.39 is 47.3 Å². The predicted octanol–water partition coefficient (Wildman–Crippen LogP) is 8.98. The normalized spacial score (nSPS) is 21.7. The Morgan fingerprint density at radius 1 is 0.530 bits per heavy atom. The third-order valence-electron chi connectivity index (χ3n) is 20.7. The predicted molar refractivity (Wildman–Crippen MR) is 374 cm³/mol. The van der Waals surface area contributed by atoms with Crippen molar-refractivity contribution < 1.29 is 57.5 Å². The van der Waals surface area contributed by atoms with Crippen molar-refractivity contribution in [1.82, 2.24) is 60.1 Å². The van der Waals surface area contributed by atoms with Gasteiger partial charge in [0.15, 0.2) is 23.2 Å². The molecule has 4 N–H and O–H groups in total. The van der Waals surface area contributed by atoms with E-state index in [-0.39, 0.29) is 96.5 Å². The Morgan fingerprint density at radius 3 is 1.17 bits per heavy atom. The van der Waals surface area contributed by atoms with Crippen LogP contribution in [0.25, 0.3) is 22.5 Å². The molecule has 10 heterocycles. The third-order valence-corrected chi connectivity index (χ3v) is 20.7. The number of likely N-dealkylation sites (tertiary alicyclic amines) is 4. The van der Waals surface area contributed by atoms with Crippen LogP contribution in [-0.4, -0.2) is 196 Å². The standard InChI is InChI=1S/2C37H51N7O6/c2*1-23(2)32(30-19-31(40-50-30)43-21-37(22-43)13-16-42(17-14-37)35(48)49-36(4,5)6)34(47)44-20-27(45)18-29(44)33(46)39-24(3)25-8-10-26(11-9-25)28-12-15-38-41(28)7/h2*8-12,15,19,23-24,27,29,32,45H,13-14,16-18,20-22H2,1-7H3,(H,39,46)/t24-,27+,29-,32+;24-,27+,29-,32-/m00/s1. The molecule has 6 saturated heterocycles. The number of carbonyl (C=O) groups is 6. The van der Waals surface area contributed by atoms with Crippen LogP contribution in [0.4, 0.5) is 21.2 Å². The largest absolute Gasteiger partial charge is 0.444 e. The lowest BCUT2D eigenvalue weighted by molar-refractivity contribution is -0.141. The zero-order valence-electron chi connectivity index (χ0n) is 60.5. The molecule has 26 heteroatoms. The molecule has 0 aliphatic carbocycles. The summed E-state index contributed by atoms with van der Waals surface area (Å²) < 4.78 is 26.3. The Labute approximate surface area is 586 Å². The van der Waals surface area contributed by atoms with Gasteiger partial charge in [0.1, 0.15) is 35.1 Å². The van der Waals surface area contributed by atoms with Crippen LogP contribution in [0.1, 0.15) is 168 Å². The monoisotopic (exact) mass is 1380 g/mol. The number of ether oxygens (including phenoxy) is 2. The molecule has 0 unspecified atom stereocenters. The average Bonchev–Trinajstić information content (AvgIpc) is 1.25. The number of anilines is 2. The summed E-state index contributed by atoms with van der Waals surface area (Å²) in [5, 5.41) is 44.6. The highest BCUT2D eigenvalue weighted by Crippen LogP contribution is 2.46. The molecule has 100 heavy (non-hydrogen) atoms. The van der Waals surface area contributed by atoms with E-state index in [0.717, 1.165) is 85.5 Å². The van der Waals surface area contributed by atoms with Gasteiger partial charge in [-0.15, -0.1) is 0 Å². The van der Waals surface area contributed by atoms with Crippen molar-refractivity contribution in [2.75, 3.05) is 75.2 Å². The van der Waals surface area contributed by atoms with Gasteiger partial charge in [0.05, 0.1) is 35.7 Å². The van der Waals surface area contributed by atoms with Crippen LogP contribution in [0.5, 0.6) is 0 Å². The fraction of sp³-hybridized carbons (Fsp3) is 0.595. The molecular weight excluding hydrogens is 1280 g/mol. The number of aliphatic hydroxyl groups excluding tert-OH is 2. The van der Waals surface area contributed by atoms with Gasteiger partial charge in [-0.05, 0) is 127 Å². The smallest absolute Gasteiger partial charge is 0.410 e. The van der Waals surface area contributed by atoms with Gasteiger partial charge in [-0.25, -0.2) is 9.59 Å². The van der Waals surface area contributed by atoms with Crippen LogP contribution in [0.15, 0.2) is 94.2 Å². The van der Waals surface area contributed by atoms with E-state index in [1.807, 2.05) is 179 Å². The number of hydrogen-bond donors (Lipinski definition) is 4. The van der Waals surface area contributed by atoms with Gasteiger partial charge in [0.25, 0.3) is 0 Å². The Hall–Kier alpha value is -8.78. The van der Waals surface area contributed by atoms with Gasteiger partial charge in [-0.1, -0.05) is 86.5 Å². The zero-order valence-corrected chi connectivity index (χ0v) is 60.5. The minimum absolute atomic E-state index is 0.0733. The molecular formula is C74H102N14O12. The van der Waals surface area contributed by atoms with Crippen molar-refractivity contribution in [2.24, 2.45) is 36.8 Å². The van der Waals surface area contributed by atoms with Crippen LogP contribution in [0.2, 0.25) is 0 Å². The Kier molecular flexibility index (Phi) is 21.1. The third kappa shape index (κ3) is 16.2. The molecule has 0 saturated carbocycles. The lowest BCUT2D eigenvalue weighted by Crippen LogP contribution is -2.61. The van der Waals surface area contributed by atoms with Gasteiger partial charge >= 0.3 is 12.2 Å². The molecule has 12 rings (SSSR count). The SMILES string of the molecule is CC(C)[C@@H](C(=O)N1C[C@H](O)C[C@H]1C(=O)N[C@@H](C)c1ccc(-c2ccnn2C)cc1)c1cc(N2CC3(CCN(C(=O)OC(C)(C)C)CC3)C2)no1.CC(C)[C@H](C(=O)N1C[C@H](O)C[C@H]1C(=O)N[C@@H](C)c1ccc(-c2ccnn2C)cc1)c1cc(N2CC3(CCN(C(=O)OC(C)(C)C)CC3)C2)no1. The molecule has 6 aliphatic rings. The summed E-state index contributed by atoms with van der Waals surface area (Å²) in [6.45, 7) is 28.8. The highest BCUT2D eigenvalue weighted by Gasteiger charge is 2.51. The van der Waals surface area contributed by atoms with Crippen LogP contribution in [0.3, 0.4) is 0 Å². The summed E-state index contributed by atoms with van der Waals surface area (Å²) >= 11 is 0. The van der Waals surface area contributed by atoms with E-state index >= 15 is 0 Å². The number of nitrogens with zero attached hydrogens (tertiary/aromatic N) is 12. The highest BCUT2D eigenvalue weighted by molar-refractivity contribution is 5.92. The number of benzene rings is 2. The van der Waals surface area contributed by atoms with Crippen LogP contribution >= 0.6 is 0 Å². The van der Waals surface area contributed by atoms with Gasteiger partial charge < -0.3 is 68.8 Å². The van der Waals surface area contributed by atoms with Gasteiger partial charge in [0.2, 0.25) is 23.6 Å². The minimum atomic E-state index is -0.806. The van der Waals surface area contributed by atoms with E-state index in [1.165, 1.54) is 9.80 Å². The fourth-order valence-corrected chi connectivity index (χ4v) is 15.0. The summed E-state index contributed by atoms with van der Waals surface area (Å²) in [4.78, 5) is 91.5. The van der Waals surface area contributed by atoms with Gasteiger partial charge in [0, 0.05) is 128 Å². The molecule has 0 bridgehead atoms. The van der Waals surface area contributed by atoms with E-state index in [9.17, 15) is 39.0 Å². The summed E-state index contributed by atoms with van der Waals surface area (Å²) in [6, 6.07) is 21.2. The number of carbonyl (C=O) groups excluding carboxylic acids is 6. The molecule has 540 valence electrons. The molecule has 2 aromatic carbocycles. The second-order valence-electron chi connectivity index (χ2n) is 31.4. The molecule has 4 aromatic heterocycles. The van der Waals surface area contributed by atoms with E-state index in [4.69, 9.17) is 18.5 Å². The Balaban J connectivity index is 0.000000202. The highest BCUT2D eigenvalue weighted by atomic mass is 16.6. The zero-order chi connectivity index (χ0) is 71.9. The van der Waals surface area contributed by atoms with Crippen molar-refractivity contribution >= 4 is 47.5 Å². The number of piperidine rings is 2. The fourth-order valence-electron chi connectivity index (χ4n) is 15.0. The summed E-state index contributed by atoms with van der Waals surface area (Å²) in [7, 11) is 3.78. The Bertz CT molecular complexity index is 3600. The maximum Gasteiger partial charge on any atom is 0.410 e. The summed E-state index contributed by atoms with van der Waals surface area (Å²) in [5.41, 5.74) is 5.06. The van der Waals surface area contributed by atoms with Gasteiger partial charge in [-0.2, -0.15) is 10.2 Å². The molecule has 26 nitrogen and oxygen atoms in total. The number of β-amino-alcohol motifs (C(OH)–C–C–N with tert-alkyl or cyclic N) is 2. The van der Waals surface area contributed by atoms with E-state index in [2.05, 4.69) is 40.9 Å². The van der Waals surface area contributed by atoms with Crippen molar-refractivity contribution in [3.05, 3.63) is 108 Å². The summed E-state index contributed by atoms with van der Waals surface area (Å²) in [6.07, 6.45) is 5.24. The molecule has 0 radical (unpaired) electrons. The first kappa shape index (κ1) is 72.5.